The lowest BCUT2D eigenvalue weighted by atomic mass is 10.3. The van der Waals surface area contributed by atoms with Crippen LogP contribution in [0.25, 0.3) is 5.78 Å². The third-order valence-electron chi connectivity index (χ3n) is 4.42. The monoisotopic (exact) mass is 317 g/mol. The largest absolute Gasteiger partial charge is 0.380 e. The van der Waals surface area contributed by atoms with Gasteiger partial charge in [0.25, 0.3) is 0 Å². The molecule has 0 spiro atoms. The average Bonchev–Trinajstić information content (AvgIpc) is 2.92. The van der Waals surface area contributed by atoms with Crippen LogP contribution in [0.1, 0.15) is 24.0 Å². The highest BCUT2D eigenvalue weighted by Gasteiger charge is 2.18. The fourth-order valence-electron chi connectivity index (χ4n) is 3.13. The van der Waals surface area contributed by atoms with Crippen molar-refractivity contribution in [2.75, 3.05) is 45.9 Å². The van der Waals surface area contributed by atoms with Crippen LogP contribution in [-0.2, 0) is 11.3 Å². The van der Waals surface area contributed by atoms with Gasteiger partial charge in [0.15, 0.2) is 0 Å². The Labute approximate surface area is 138 Å². The van der Waals surface area contributed by atoms with Crippen LogP contribution in [-0.4, -0.2) is 70.1 Å². The number of imidazole rings is 1. The molecular formula is C17H27N5O. The lowest BCUT2D eigenvalue weighted by molar-refractivity contribution is 0.0782. The molecule has 1 fully saturated rings. The number of ether oxygens (including phenoxy) is 1. The number of piperazine rings is 1. The van der Waals surface area contributed by atoms with Gasteiger partial charge in [0, 0.05) is 63.5 Å². The van der Waals surface area contributed by atoms with E-state index in [9.17, 15) is 0 Å². The first-order valence-corrected chi connectivity index (χ1v) is 8.50. The van der Waals surface area contributed by atoms with E-state index in [2.05, 4.69) is 43.4 Å². The van der Waals surface area contributed by atoms with Crippen LogP contribution in [0, 0.1) is 13.8 Å². The summed E-state index contributed by atoms with van der Waals surface area (Å²) in [7, 11) is 0. The number of hydrogen-bond donors (Lipinski definition) is 0. The molecule has 2 aromatic heterocycles. The third kappa shape index (κ3) is 4.07. The second kappa shape index (κ2) is 7.38. The summed E-state index contributed by atoms with van der Waals surface area (Å²) in [6, 6.07) is 2.09. The maximum absolute atomic E-state index is 5.44. The fourth-order valence-corrected chi connectivity index (χ4v) is 3.13. The van der Waals surface area contributed by atoms with Crippen LogP contribution < -0.4 is 0 Å². The summed E-state index contributed by atoms with van der Waals surface area (Å²) in [6.07, 6.45) is 2.12. The first-order chi connectivity index (χ1) is 11.2. The molecule has 126 valence electrons. The molecule has 0 amide bonds. The van der Waals surface area contributed by atoms with Crippen molar-refractivity contribution < 1.29 is 4.74 Å². The molecule has 0 aliphatic carbocycles. The zero-order chi connectivity index (χ0) is 16.2. The van der Waals surface area contributed by atoms with Crippen LogP contribution in [0.2, 0.25) is 0 Å². The molecule has 0 atom stereocenters. The SMILES string of the molecule is CCOCCN1CCN(Cc2cn3c(C)cc(C)nc3n2)CC1. The third-order valence-corrected chi connectivity index (χ3v) is 4.42. The molecule has 1 aliphatic heterocycles. The lowest BCUT2D eigenvalue weighted by Crippen LogP contribution is -2.46. The van der Waals surface area contributed by atoms with Crippen LogP contribution in [0.15, 0.2) is 12.3 Å². The van der Waals surface area contributed by atoms with E-state index in [1.165, 1.54) is 5.69 Å². The van der Waals surface area contributed by atoms with Crippen molar-refractivity contribution in [1.82, 2.24) is 24.2 Å². The van der Waals surface area contributed by atoms with Gasteiger partial charge in [0.2, 0.25) is 5.78 Å². The van der Waals surface area contributed by atoms with Crippen molar-refractivity contribution in [2.24, 2.45) is 0 Å². The van der Waals surface area contributed by atoms with Gasteiger partial charge in [-0.1, -0.05) is 0 Å². The van der Waals surface area contributed by atoms with Crippen molar-refractivity contribution in [2.45, 2.75) is 27.3 Å². The van der Waals surface area contributed by atoms with Gasteiger partial charge in [0.1, 0.15) is 0 Å². The number of aryl methyl sites for hydroxylation is 2. The van der Waals surface area contributed by atoms with Gasteiger partial charge in [-0.3, -0.25) is 14.2 Å². The normalized spacial score (nSPS) is 17.2. The predicted molar refractivity (Wildman–Crippen MR) is 90.7 cm³/mol. The van der Waals surface area contributed by atoms with Gasteiger partial charge in [0.05, 0.1) is 12.3 Å². The summed E-state index contributed by atoms with van der Waals surface area (Å²) < 4.78 is 7.52. The van der Waals surface area contributed by atoms with Crippen molar-refractivity contribution in [1.29, 1.82) is 0 Å². The first kappa shape index (κ1) is 16.4. The van der Waals surface area contributed by atoms with Gasteiger partial charge in [-0.05, 0) is 26.8 Å². The summed E-state index contributed by atoms with van der Waals surface area (Å²) in [5, 5.41) is 0. The molecule has 3 heterocycles. The first-order valence-electron chi connectivity index (χ1n) is 8.50. The second-order valence-electron chi connectivity index (χ2n) is 6.26. The van der Waals surface area contributed by atoms with E-state index < -0.39 is 0 Å². The second-order valence-corrected chi connectivity index (χ2v) is 6.26. The summed E-state index contributed by atoms with van der Waals surface area (Å²) in [5.41, 5.74) is 3.32. The van der Waals surface area contributed by atoms with Gasteiger partial charge in [-0.25, -0.2) is 9.97 Å². The van der Waals surface area contributed by atoms with E-state index in [4.69, 9.17) is 4.74 Å². The number of hydrogen-bond acceptors (Lipinski definition) is 5. The topological polar surface area (TPSA) is 45.9 Å². The van der Waals surface area contributed by atoms with Gasteiger partial charge in [-0.2, -0.15) is 0 Å². The standard InChI is InChI=1S/C17H27N5O/c1-4-23-10-9-20-5-7-21(8-6-20)12-16-13-22-15(3)11-14(2)18-17(22)19-16/h11,13H,4-10,12H2,1-3H3. The van der Waals surface area contributed by atoms with E-state index >= 15 is 0 Å². The summed E-state index contributed by atoms with van der Waals surface area (Å²) in [6.45, 7) is 14.1. The van der Waals surface area contributed by atoms with Crippen molar-refractivity contribution in [3.05, 3.63) is 29.3 Å². The van der Waals surface area contributed by atoms with Crippen molar-refractivity contribution in [3.63, 3.8) is 0 Å². The Kier molecular flexibility index (Phi) is 5.25. The number of aromatic nitrogens is 3. The molecule has 1 saturated heterocycles. The molecule has 0 aromatic carbocycles. The minimum absolute atomic E-state index is 0.806. The number of fused-ring (bicyclic) bond motifs is 1. The number of rotatable bonds is 6. The molecule has 3 rings (SSSR count). The van der Waals surface area contributed by atoms with Crippen LogP contribution in [0.3, 0.4) is 0 Å². The highest BCUT2D eigenvalue weighted by Crippen LogP contribution is 2.11. The molecule has 6 heteroatoms. The van der Waals surface area contributed by atoms with E-state index in [-0.39, 0.29) is 0 Å². The van der Waals surface area contributed by atoms with E-state index in [1.54, 1.807) is 0 Å². The Balaban J connectivity index is 1.55. The molecule has 1 aliphatic rings. The minimum Gasteiger partial charge on any atom is -0.380 e. The zero-order valence-corrected chi connectivity index (χ0v) is 14.5. The van der Waals surface area contributed by atoms with Crippen LogP contribution >= 0.6 is 0 Å². The molecule has 23 heavy (non-hydrogen) atoms. The Morgan fingerprint density at radius 3 is 2.57 bits per heavy atom. The lowest BCUT2D eigenvalue weighted by Gasteiger charge is -2.34. The molecular weight excluding hydrogens is 290 g/mol. The predicted octanol–water partition coefficient (Wildman–Crippen LogP) is 1.50. The number of nitrogens with zero attached hydrogens (tertiary/aromatic N) is 5. The fraction of sp³-hybridized carbons (Fsp3) is 0.647. The quantitative estimate of drug-likeness (QED) is 0.756. The molecule has 0 bridgehead atoms. The molecule has 0 radical (unpaired) electrons. The Morgan fingerprint density at radius 2 is 1.83 bits per heavy atom. The van der Waals surface area contributed by atoms with Gasteiger partial charge in [-0.15, -0.1) is 0 Å². The summed E-state index contributed by atoms with van der Waals surface area (Å²) in [4.78, 5) is 14.2. The Bertz CT molecular complexity index is 646. The summed E-state index contributed by atoms with van der Waals surface area (Å²) in [5.74, 6) is 0.813. The van der Waals surface area contributed by atoms with Crippen molar-refractivity contribution in [3.8, 4) is 0 Å². The smallest absolute Gasteiger partial charge is 0.234 e. The van der Waals surface area contributed by atoms with E-state index in [1.807, 2.05) is 13.8 Å². The minimum atomic E-state index is 0.806. The maximum Gasteiger partial charge on any atom is 0.234 e. The van der Waals surface area contributed by atoms with E-state index in [0.29, 0.717) is 0 Å². The van der Waals surface area contributed by atoms with Gasteiger partial charge >= 0.3 is 0 Å². The zero-order valence-electron chi connectivity index (χ0n) is 14.5. The maximum atomic E-state index is 5.44. The highest BCUT2D eigenvalue weighted by atomic mass is 16.5. The molecule has 2 aromatic rings. The molecule has 0 unspecified atom stereocenters. The average molecular weight is 317 g/mol. The molecule has 6 nitrogen and oxygen atoms in total. The van der Waals surface area contributed by atoms with Crippen molar-refractivity contribution >= 4 is 5.78 Å². The highest BCUT2D eigenvalue weighted by molar-refractivity contribution is 5.34. The van der Waals surface area contributed by atoms with Crippen LogP contribution in [0.5, 0.6) is 0 Å². The Hall–Kier alpha value is -1.50. The van der Waals surface area contributed by atoms with Crippen LogP contribution in [0.4, 0.5) is 0 Å². The van der Waals surface area contributed by atoms with E-state index in [0.717, 1.165) is 69.6 Å². The van der Waals surface area contributed by atoms with Gasteiger partial charge < -0.3 is 4.74 Å². The molecule has 0 saturated carbocycles. The molecule has 0 N–H and O–H groups in total. The summed E-state index contributed by atoms with van der Waals surface area (Å²) >= 11 is 0. The Morgan fingerprint density at radius 1 is 1.09 bits per heavy atom.